The number of urea groups is 1. The minimum Gasteiger partial charge on any atom is -0.489 e. The number of carbonyl (C=O) groups is 2. The lowest BCUT2D eigenvalue weighted by Crippen LogP contribution is -2.44. The van der Waals surface area contributed by atoms with E-state index < -0.39 is 23.7 Å². The van der Waals surface area contributed by atoms with E-state index in [1.54, 1.807) is 12.3 Å². The van der Waals surface area contributed by atoms with Crippen LogP contribution in [0.1, 0.15) is 31.2 Å². The second-order valence-electron chi connectivity index (χ2n) is 8.29. The molecule has 3 aromatic rings. The van der Waals surface area contributed by atoms with Crippen LogP contribution < -0.4 is 15.4 Å². The number of H-pyrrole nitrogens is 1. The van der Waals surface area contributed by atoms with Crippen LogP contribution in [0.3, 0.4) is 0 Å². The number of nitrogens with two attached hydrogens (primary N) is 1. The largest absolute Gasteiger partial charge is 0.489 e. The zero-order chi connectivity index (χ0) is 24.0. The number of anilines is 2. The van der Waals surface area contributed by atoms with Crippen LogP contribution in [0, 0.1) is 0 Å². The molecule has 1 saturated carbocycles. The molecule has 2 fully saturated rings. The average molecular weight is 475 g/mol. The lowest BCUT2D eigenvalue weighted by Gasteiger charge is -2.33. The Morgan fingerprint density at radius 2 is 1.85 bits per heavy atom. The third-order valence-corrected chi connectivity index (χ3v) is 6.09. The normalized spacial score (nSPS) is 21.5. The number of fused-ring (bicyclic) bond motifs is 1. The van der Waals surface area contributed by atoms with Gasteiger partial charge in [0.1, 0.15) is 18.1 Å². The smallest absolute Gasteiger partial charge is 0.417 e. The van der Waals surface area contributed by atoms with Crippen LogP contribution in [0.4, 0.5) is 29.5 Å². The monoisotopic (exact) mass is 475 g/mol. The van der Waals surface area contributed by atoms with Crippen molar-refractivity contribution in [3.63, 3.8) is 0 Å². The van der Waals surface area contributed by atoms with E-state index in [1.165, 1.54) is 0 Å². The number of alkyl halides is 3. The summed E-state index contributed by atoms with van der Waals surface area (Å²) in [6, 6.07) is 1.58. The first-order valence-electron chi connectivity index (χ1n) is 10.6. The van der Waals surface area contributed by atoms with E-state index in [2.05, 4.69) is 20.2 Å². The highest BCUT2D eigenvalue weighted by Crippen LogP contribution is 2.34. The molecule has 1 aliphatic carbocycles. The summed E-state index contributed by atoms with van der Waals surface area (Å²) >= 11 is 0. The zero-order valence-electron chi connectivity index (χ0n) is 17.7. The molecular formula is C21H20F3N7O3. The molecule has 4 heterocycles. The number of amides is 3. The Bertz CT molecular complexity index is 1250. The first-order chi connectivity index (χ1) is 16.2. The molecule has 0 spiro atoms. The van der Waals surface area contributed by atoms with Gasteiger partial charge in [-0.1, -0.05) is 0 Å². The molecule has 10 nitrogen and oxygen atoms in total. The van der Waals surface area contributed by atoms with Crippen LogP contribution in [0.2, 0.25) is 0 Å². The molecular weight excluding hydrogens is 455 g/mol. The van der Waals surface area contributed by atoms with Crippen LogP contribution in [-0.2, 0) is 11.0 Å². The lowest BCUT2D eigenvalue weighted by molar-refractivity contribution is -0.137. The van der Waals surface area contributed by atoms with E-state index in [0.29, 0.717) is 54.5 Å². The zero-order valence-corrected chi connectivity index (χ0v) is 17.7. The maximum Gasteiger partial charge on any atom is 0.417 e. The highest BCUT2D eigenvalue weighted by atomic mass is 19.4. The molecule has 5 rings (SSSR count). The van der Waals surface area contributed by atoms with E-state index in [0.717, 1.165) is 22.1 Å². The van der Waals surface area contributed by atoms with Crippen LogP contribution in [0.5, 0.6) is 5.75 Å². The Hall–Kier alpha value is -3.90. The second kappa shape index (κ2) is 8.15. The number of pyridine rings is 2. The molecule has 3 aromatic heterocycles. The van der Waals surface area contributed by atoms with Gasteiger partial charge >= 0.3 is 12.2 Å². The fraction of sp³-hybridized carbons (Fsp3) is 0.381. The van der Waals surface area contributed by atoms with Crippen molar-refractivity contribution in [2.45, 2.75) is 44.0 Å². The highest BCUT2D eigenvalue weighted by molar-refractivity contribution is 6.12. The van der Waals surface area contributed by atoms with Crippen molar-refractivity contribution in [3.05, 3.63) is 36.3 Å². The number of hydrogen-bond donors (Lipinski definition) is 2. The minimum atomic E-state index is -4.60. The third kappa shape index (κ3) is 3.97. The van der Waals surface area contributed by atoms with Gasteiger partial charge < -0.3 is 10.5 Å². The van der Waals surface area contributed by atoms with E-state index in [4.69, 9.17) is 10.5 Å². The standard InChI is InChI=1S/C21H20F3N7O3/c22-21(23,24)11-5-13(8-26-7-11)30-10-17(32)31(20(30)33)12-1-3-14(4-2-12)34-15-6-16-18(25)28-29-19(16)27-9-15/h5-9,12,14H,1-4,10H2,(H3,25,27,28,29). The minimum absolute atomic E-state index is 0.0610. The molecule has 0 unspecified atom stereocenters. The summed E-state index contributed by atoms with van der Waals surface area (Å²) < 4.78 is 45.1. The lowest BCUT2D eigenvalue weighted by atomic mass is 9.92. The first-order valence-corrected chi connectivity index (χ1v) is 10.6. The summed E-state index contributed by atoms with van der Waals surface area (Å²) in [6.07, 6.45) is 0.851. The molecule has 0 radical (unpaired) electrons. The number of rotatable bonds is 4. The van der Waals surface area contributed by atoms with Gasteiger partial charge in [0.05, 0.1) is 35.1 Å². The maximum absolute atomic E-state index is 13.0. The molecule has 1 saturated heterocycles. The predicted octanol–water partition coefficient (Wildman–Crippen LogP) is 3.11. The fourth-order valence-electron chi connectivity index (χ4n) is 4.39. The molecule has 2 aliphatic rings. The van der Waals surface area contributed by atoms with Gasteiger partial charge in [0, 0.05) is 12.2 Å². The van der Waals surface area contributed by atoms with Crippen LogP contribution in [-0.4, -0.2) is 55.7 Å². The second-order valence-corrected chi connectivity index (χ2v) is 8.29. The van der Waals surface area contributed by atoms with Gasteiger partial charge in [-0.3, -0.25) is 24.7 Å². The van der Waals surface area contributed by atoms with Crippen molar-refractivity contribution >= 4 is 34.5 Å². The summed E-state index contributed by atoms with van der Waals surface area (Å²) in [4.78, 5) is 35.5. The van der Waals surface area contributed by atoms with Crippen molar-refractivity contribution in [3.8, 4) is 5.75 Å². The first kappa shape index (κ1) is 21.9. The summed E-state index contributed by atoms with van der Waals surface area (Å²) in [7, 11) is 0. The number of hydrogen-bond acceptors (Lipinski definition) is 7. The van der Waals surface area contributed by atoms with E-state index in [9.17, 15) is 22.8 Å². The molecule has 0 aromatic carbocycles. The Labute approximate surface area is 190 Å². The summed E-state index contributed by atoms with van der Waals surface area (Å²) in [5.74, 6) is 0.487. The van der Waals surface area contributed by atoms with Gasteiger partial charge in [-0.05, 0) is 37.8 Å². The Balaban J connectivity index is 1.23. The quantitative estimate of drug-likeness (QED) is 0.555. The highest BCUT2D eigenvalue weighted by Gasteiger charge is 2.43. The number of imide groups is 1. The topological polar surface area (TPSA) is 130 Å². The summed E-state index contributed by atoms with van der Waals surface area (Å²) in [5.41, 5.74) is 5.27. The van der Waals surface area contributed by atoms with Gasteiger partial charge in [-0.25, -0.2) is 9.78 Å². The van der Waals surface area contributed by atoms with Gasteiger partial charge in [-0.2, -0.15) is 18.3 Å². The molecule has 1 aliphatic heterocycles. The maximum atomic E-state index is 13.0. The molecule has 0 bridgehead atoms. The van der Waals surface area contributed by atoms with Crippen LogP contribution in [0.25, 0.3) is 11.0 Å². The van der Waals surface area contributed by atoms with Crippen molar-refractivity contribution in [2.24, 2.45) is 0 Å². The Morgan fingerprint density at radius 1 is 1.09 bits per heavy atom. The number of nitrogens with zero attached hydrogens (tertiary/aromatic N) is 5. The van der Waals surface area contributed by atoms with Gasteiger partial charge in [0.15, 0.2) is 5.65 Å². The SMILES string of the molecule is Nc1[nH]nc2ncc(OC3CCC(N4C(=O)CN(c5cncc(C(F)(F)F)c5)C4=O)CC3)cc12. The number of aromatic nitrogens is 4. The van der Waals surface area contributed by atoms with E-state index in [1.807, 2.05) is 0 Å². The van der Waals surface area contributed by atoms with Gasteiger partial charge in [0.25, 0.3) is 5.91 Å². The van der Waals surface area contributed by atoms with Crippen molar-refractivity contribution in [1.29, 1.82) is 0 Å². The molecule has 0 atom stereocenters. The van der Waals surface area contributed by atoms with Crippen LogP contribution >= 0.6 is 0 Å². The van der Waals surface area contributed by atoms with E-state index in [-0.39, 0.29) is 24.4 Å². The summed E-state index contributed by atoms with van der Waals surface area (Å²) in [5, 5.41) is 7.28. The van der Waals surface area contributed by atoms with Crippen LogP contribution in [0.15, 0.2) is 30.7 Å². The van der Waals surface area contributed by atoms with E-state index >= 15 is 0 Å². The Kier molecular flexibility index (Phi) is 5.25. The molecule has 34 heavy (non-hydrogen) atoms. The van der Waals surface area contributed by atoms with Crippen molar-refractivity contribution in [2.75, 3.05) is 17.2 Å². The Morgan fingerprint density at radius 3 is 2.59 bits per heavy atom. The van der Waals surface area contributed by atoms with Gasteiger partial charge in [-0.15, -0.1) is 0 Å². The average Bonchev–Trinajstić information content (AvgIpc) is 3.32. The third-order valence-electron chi connectivity index (χ3n) is 6.09. The molecule has 3 N–H and O–H groups in total. The number of carbonyl (C=O) groups excluding carboxylic acids is 2. The number of nitrogen functional groups attached to an aromatic ring is 1. The fourth-order valence-corrected chi connectivity index (χ4v) is 4.39. The summed E-state index contributed by atoms with van der Waals surface area (Å²) in [6.45, 7) is -0.323. The number of nitrogens with one attached hydrogen (secondary N) is 1. The number of ether oxygens (including phenoxy) is 1. The van der Waals surface area contributed by atoms with Crippen molar-refractivity contribution < 1.29 is 27.5 Å². The number of halogens is 3. The molecule has 3 amide bonds. The number of aromatic amines is 1. The predicted molar refractivity (Wildman–Crippen MR) is 114 cm³/mol. The van der Waals surface area contributed by atoms with Crippen molar-refractivity contribution in [1.82, 2.24) is 25.1 Å². The molecule has 13 heteroatoms. The molecule has 178 valence electrons. The van der Waals surface area contributed by atoms with Gasteiger partial charge in [0.2, 0.25) is 0 Å².